The molecule has 134 valence electrons. The molecular formula is C16H10F3N3O4. The Morgan fingerprint density at radius 1 is 1.27 bits per heavy atom. The SMILES string of the molecule is CC(=O)Nc1cc(Oc2ccc(C(F)(F)F)cc2C#N)ccc1[N+](=O)[O-]. The number of nitro benzene ring substituents is 1. The number of nitriles is 1. The summed E-state index contributed by atoms with van der Waals surface area (Å²) < 4.78 is 43.5. The third kappa shape index (κ3) is 4.27. The van der Waals surface area contributed by atoms with Gasteiger partial charge in [0.25, 0.3) is 5.69 Å². The number of benzene rings is 2. The topological polar surface area (TPSA) is 105 Å². The molecule has 10 heteroatoms. The van der Waals surface area contributed by atoms with Crippen molar-refractivity contribution in [3.05, 3.63) is 57.6 Å². The maximum Gasteiger partial charge on any atom is 0.416 e. The summed E-state index contributed by atoms with van der Waals surface area (Å²) in [6.45, 7) is 1.15. The molecule has 0 atom stereocenters. The normalized spacial score (nSPS) is 10.7. The van der Waals surface area contributed by atoms with Gasteiger partial charge in [0.15, 0.2) is 0 Å². The van der Waals surface area contributed by atoms with Crippen molar-refractivity contribution in [1.82, 2.24) is 0 Å². The molecule has 2 rings (SSSR count). The van der Waals surface area contributed by atoms with Crippen molar-refractivity contribution in [2.24, 2.45) is 0 Å². The first kappa shape index (κ1) is 18.7. The molecular weight excluding hydrogens is 355 g/mol. The Bertz CT molecular complexity index is 920. The van der Waals surface area contributed by atoms with Crippen molar-refractivity contribution in [2.75, 3.05) is 5.32 Å². The lowest BCUT2D eigenvalue weighted by Gasteiger charge is -2.12. The molecule has 0 aromatic heterocycles. The van der Waals surface area contributed by atoms with Gasteiger partial charge in [-0.25, -0.2) is 0 Å². The number of carbonyl (C=O) groups is 1. The number of anilines is 1. The minimum absolute atomic E-state index is 0.00407. The van der Waals surface area contributed by atoms with Crippen LogP contribution < -0.4 is 10.1 Å². The van der Waals surface area contributed by atoms with Crippen molar-refractivity contribution < 1.29 is 27.6 Å². The van der Waals surface area contributed by atoms with E-state index >= 15 is 0 Å². The maximum atomic E-state index is 12.7. The zero-order valence-electron chi connectivity index (χ0n) is 13.1. The fraction of sp³-hybridized carbons (Fsp3) is 0.125. The van der Waals surface area contributed by atoms with Crippen molar-refractivity contribution in [2.45, 2.75) is 13.1 Å². The zero-order chi connectivity index (χ0) is 19.5. The highest BCUT2D eigenvalue weighted by Gasteiger charge is 2.31. The fourth-order valence-electron chi connectivity index (χ4n) is 2.04. The number of hydrogen-bond donors (Lipinski definition) is 1. The van der Waals surface area contributed by atoms with E-state index in [-0.39, 0.29) is 28.4 Å². The fourth-order valence-corrected chi connectivity index (χ4v) is 2.04. The van der Waals surface area contributed by atoms with Crippen LogP contribution in [-0.2, 0) is 11.0 Å². The molecule has 26 heavy (non-hydrogen) atoms. The zero-order valence-corrected chi connectivity index (χ0v) is 13.1. The monoisotopic (exact) mass is 365 g/mol. The Balaban J connectivity index is 2.41. The van der Waals surface area contributed by atoms with Crippen LogP contribution in [0, 0.1) is 21.4 Å². The van der Waals surface area contributed by atoms with Gasteiger partial charge in [-0.05, 0) is 24.3 Å². The number of halogens is 3. The van der Waals surface area contributed by atoms with Crippen LogP contribution in [0.2, 0.25) is 0 Å². The second kappa shape index (κ2) is 7.10. The van der Waals surface area contributed by atoms with Crippen LogP contribution in [0.5, 0.6) is 11.5 Å². The van der Waals surface area contributed by atoms with E-state index < -0.39 is 22.6 Å². The number of nitrogens with one attached hydrogen (secondary N) is 1. The first-order valence-electron chi connectivity index (χ1n) is 6.97. The number of nitro groups is 1. The Kier molecular flexibility index (Phi) is 5.11. The smallest absolute Gasteiger partial charge is 0.416 e. The molecule has 1 amide bonds. The molecule has 0 spiro atoms. The third-order valence-electron chi connectivity index (χ3n) is 3.13. The Hall–Kier alpha value is -3.61. The molecule has 1 N–H and O–H groups in total. The second-order valence-electron chi connectivity index (χ2n) is 5.04. The van der Waals surface area contributed by atoms with Crippen LogP contribution >= 0.6 is 0 Å². The van der Waals surface area contributed by atoms with Gasteiger partial charge in [-0.1, -0.05) is 0 Å². The molecule has 0 fully saturated rings. The van der Waals surface area contributed by atoms with E-state index in [2.05, 4.69) is 5.32 Å². The van der Waals surface area contributed by atoms with Gasteiger partial charge < -0.3 is 10.1 Å². The van der Waals surface area contributed by atoms with Crippen LogP contribution in [-0.4, -0.2) is 10.8 Å². The van der Waals surface area contributed by atoms with E-state index in [1.54, 1.807) is 6.07 Å². The van der Waals surface area contributed by atoms with Crippen LogP contribution in [0.4, 0.5) is 24.5 Å². The first-order valence-corrected chi connectivity index (χ1v) is 6.97. The minimum atomic E-state index is -4.62. The van der Waals surface area contributed by atoms with Crippen LogP contribution in [0.3, 0.4) is 0 Å². The number of hydrogen-bond acceptors (Lipinski definition) is 5. The lowest BCUT2D eigenvalue weighted by atomic mass is 10.1. The molecule has 0 saturated heterocycles. The third-order valence-corrected chi connectivity index (χ3v) is 3.13. The molecule has 2 aromatic carbocycles. The van der Waals surface area contributed by atoms with Gasteiger partial charge in [-0.15, -0.1) is 0 Å². The highest BCUT2D eigenvalue weighted by molar-refractivity contribution is 5.91. The van der Waals surface area contributed by atoms with E-state index in [1.165, 1.54) is 6.07 Å². The van der Waals surface area contributed by atoms with Crippen LogP contribution in [0.15, 0.2) is 36.4 Å². The van der Waals surface area contributed by atoms with E-state index in [4.69, 9.17) is 10.00 Å². The van der Waals surface area contributed by atoms with Gasteiger partial charge in [0.1, 0.15) is 23.3 Å². The van der Waals surface area contributed by atoms with Crippen molar-refractivity contribution in [3.63, 3.8) is 0 Å². The average Bonchev–Trinajstić information content (AvgIpc) is 2.53. The summed E-state index contributed by atoms with van der Waals surface area (Å²) in [4.78, 5) is 21.4. The van der Waals surface area contributed by atoms with E-state index in [1.807, 2.05) is 0 Å². The Morgan fingerprint density at radius 3 is 2.50 bits per heavy atom. The molecule has 0 aliphatic rings. The van der Waals surface area contributed by atoms with Crippen molar-refractivity contribution in [3.8, 4) is 17.6 Å². The Morgan fingerprint density at radius 2 is 1.96 bits per heavy atom. The van der Waals surface area contributed by atoms with E-state index in [9.17, 15) is 28.1 Å². The lowest BCUT2D eigenvalue weighted by molar-refractivity contribution is -0.383. The number of amides is 1. The molecule has 0 aliphatic heterocycles. The summed E-state index contributed by atoms with van der Waals surface area (Å²) in [7, 11) is 0. The average molecular weight is 365 g/mol. The minimum Gasteiger partial charge on any atom is -0.456 e. The number of rotatable bonds is 4. The molecule has 0 heterocycles. The van der Waals surface area contributed by atoms with Gasteiger partial charge >= 0.3 is 6.18 Å². The number of alkyl halides is 3. The van der Waals surface area contributed by atoms with Gasteiger partial charge in [0.2, 0.25) is 5.91 Å². The summed E-state index contributed by atoms with van der Waals surface area (Å²) in [5.74, 6) is -0.726. The molecule has 0 saturated carbocycles. The van der Waals surface area contributed by atoms with E-state index in [0.717, 1.165) is 31.2 Å². The largest absolute Gasteiger partial charge is 0.456 e. The predicted molar refractivity (Wildman–Crippen MR) is 83.6 cm³/mol. The molecule has 0 aliphatic carbocycles. The van der Waals surface area contributed by atoms with Gasteiger partial charge in [0, 0.05) is 19.1 Å². The molecule has 0 bridgehead atoms. The number of carbonyl (C=O) groups excluding carboxylic acids is 1. The van der Waals surface area contributed by atoms with Gasteiger partial charge in [-0.3, -0.25) is 14.9 Å². The molecule has 0 radical (unpaired) electrons. The van der Waals surface area contributed by atoms with Gasteiger partial charge in [0.05, 0.1) is 16.1 Å². The van der Waals surface area contributed by atoms with Crippen LogP contribution in [0.25, 0.3) is 0 Å². The maximum absolute atomic E-state index is 12.7. The predicted octanol–water partition coefficient (Wildman–Crippen LogP) is 4.24. The first-order chi connectivity index (χ1) is 12.1. The highest BCUT2D eigenvalue weighted by Crippen LogP contribution is 2.35. The summed E-state index contributed by atoms with van der Waals surface area (Å²) in [6.07, 6.45) is -4.62. The quantitative estimate of drug-likeness (QED) is 0.644. The van der Waals surface area contributed by atoms with Crippen LogP contribution in [0.1, 0.15) is 18.1 Å². The molecule has 7 nitrogen and oxygen atoms in total. The highest BCUT2D eigenvalue weighted by atomic mass is 19.4. The summed E-state index contributed by atoms with van der Waals surface area (Å²) >= 11 is 0. The van der Waals surface area contributed by atoms with Gasteiger partial charge in [-0.2, -0.15) is 18.4 Å². The standard InChI is InChI=1S/C16H10F3N3O4/c1-9(23)21-13-7-12(3-4-14(13)22(24)25)26-15-5-2-11(16(17,18)19)6-10(15)8-20/h2-7H,1H3,(H,21,23). The molecule has 0 unspecified atom stereocenters. The van der Waals surface area contributed by atoms with Crippen molar-refractivity contribution in [1.29, 1.82) is 5.26 Å². The number of ether oxygens (including phenoxy) is 1. The summed E-state index contributed by atoms with van der Waals surface area (Å²) in [5.41, 5.74) is -1.91. The summed E-state index contributed by atoms with van der Waals surface area (Å²) in [6, 6.07) is 7.36. The Labute approximate surface area is 144 Å². The van der Waals surface area contributed by atoms with E-state index in [0.29, 0.717) is 6.07 Å². The van der Waals surface area contributed by atoms with Crippen molar-refractivity contribution >= 4 is 17.3 Å². The summed E-state index contributed by atoms with van der Waals surface area (Å²) in [5, 5.41) is 22.3. The number of nitrogens with zero attached hydrogens (tertiary/aromatic N) is 2. The second-order valence-corrected chi connectivity index (χ2v) is 5.04. The lowest BCUT2D eigenvalue weighted by Crippen LogP contribution is -2.08. The molecule has 2 aromatic rings.